The van der Waals surface area contributed by atoms with Gasteiger partial charge in [-0.05, 0) is 96.9 Å². The van der Waals surface area contributed by atoms with Crippen molar-refractivity contribution in [2.75, 3.05) is 6.61 Å². The van der Waals surface area contributed by atoms with Crippen LogP contribution in [0, 0.1) is 40.0 Å². The lowest BCUT2D eigenvalue weighted by atomic mass is 9.87. The molecular formula is C21H22FIO3. The highest BCUT2D eigenvalue weighted by Gasteiger charge is 2.63. The first-order valence-corrected chi connectivity index (χ1v) is 10.2. The van der Waals surface area contributed by atoms with E-state index in [1.54, 1.807) is 6.07 Å². The number of carbonyl (C=O) groups is 1. The highest BCUT2D eigenvalue weighted by molar-refractivity contribution is 14.1. The third-order valence-electron chi connectivity index (χ3n) is 5.96. The monoisotopic (exact) mass is 468 g/mol. The van der Waals surface area contributed by atoms with Crippen LogP contribution in [0.4, 0.5) is 4.39 Å². The lowest BCUT2D eigenvalue weighted by molar-refractivity contribution is -0.145. The molecular weight excluding hydrogens is 446 g/mol. The molecule has 0 aliphatic heterocycles. The summed E-state index contributed by atoms with van der Waals surface area (Å²) < 4.78 is 26.2. The molecule has 0 saturated heterocycles. The molecule has 0 N–H and O–H groups in total. The Morgan fingerprint density at radius 3 is 2.96 bits per heavy atom. The Kier molecular flexibility index (Phi) is 4.84. The summed E-state index contributed by atoms with van der Waals surface area (Å²) in [5.74, 6) is 1.99. The molecule has 2 fully saturated rings. The Morgan fingerprint density at radius 2 is 2.19 bits per heavy atom. The van der Waals surface area contributed by atoms with Crippen LogP contribution in [0.15, 0.2) is 35.6 Å². The van der Waals surface area contributed by atoms with Gasteiger partial charge in [-0.3, -0.25) is 4.79 Å². The van der Waals surface area contributed by atoms with Crippen molar-refractivity contribution in [2.24, 2.45) is 23.7 Å². The minimum atomic E-state index is -0.218. The number of allylic oxidation sites excluding steroid dienone is 3. The number of rotatable bonds is 5. The van der Waals surface area contributed by atoms with Crippen molar-refractivity contribution in [1.29, 1.82) is 0 Å². The molecule has 1 aromatic rings. The van der Waals surface area contributed by atoms with Gasteiger partial charge in [0.2, 0.25) is 0 Å². The molecule has 1 aromatic carbocycles. The average Bonchev–Trinajstić information content (AvgIpc) is 3.21. The van der Waals surface area contributed by atoms with Gasteiger partial charge < -0.3 is 9.47 Å². The summed E-state index contributed by atoms with van der Waals surface area (Å²) >= 11 is 2.21. The zero-order valence-corrected chi connectivity index (χ0v) is 17.1. The molecule has 4 rings (SSSR count). The van der Waals surface area contributed by atoms with Crippen LogP contribution in [0.5, 0.6) is 0 Å². The second-order valence-electron chi connectivity index (χ2n) is 7.31. The first-order valence-electron chi connectivity index (χ1n) is 9.14. The zero-order valence-electron chi connectivity index (χ0n) is 14.9. The van der Waals surface area contributed by atoms with E-state index in [1.807, 2.05) is 13.8 Å². The van der Waals surface area contributed by atoms with Crippen LogP contribution in [-0.2, 0) is 20.9 Å². The van der Waals surface area contributed by atoms with Crippen molar-refractivity contribution in [2.45, 2.75) is 33.3 Å². The van der Waals surface area contributed by atoms with Crippen molar-refractivity contribution >= 4 is 28.6 Å². The summed E-state index contributed by atoms with van der Waals surface area (Å²) in [4.78, 5) is 12.0. The third kappa shape index (κ3) is 3.08. The highest BCUT2D eigenvalue weighted by atomic mass is 127. The molecule has 1 unspecified atom stereocenters. The Balaban J connectivity index is 1.39. The number of hydrogen-bond donors (Lipinski definition) is 0. The van der Waals surface area contributed by atoms with Gasteiger partial charge in [-0.15, -0.1) is 0 Å². The average molecular weight is 468 g/mol. The van der Waals surface area contributed by atoms with Crippen LogP contribution in [0.3, 0.4) is 0 Å². The van der Waals surface area contributed by atoms with E-state index in [1.165, 1.54) is 11.6 Å². The van der Waals surface area contributed by atoms with E-state index in [2.05, 4.69) is 34.7 Å². The molecule has 0 aromatic heterocycles. The molecule has 0 heterocycles. The van der Waals surface area contributed by atoms with E-state index < -0.39 is 0 Å². The van der Waals surface area contributed by atoms with Gasteiger partial charge in [-0.1, -0.05) is 5.57 Å². The van der Waals surface area contributed by atoms with Gasteiger partial charge in [0, 0.05) is 9.13 Å². The summed E-state index contributed by atoms with van der Waals surface area (Å²) in [7, 11) is 0. The van der Waals surface area contributed by atoms with Crippen molar-refractivity contribution in [3.63, 3.8) is 0 Å². The van der Waals surface area contributed by atoms with Gasteiger partial charge in [-0.2, -0.15) is 0 Å². The minimum Gasteiger partial charge on any atom is -0.489 e. The van der Waals surface area contributed by atoms with Crippen LogP contribution < -0.4 is 0 Å². The van der Waals surface area contributed by atoms with Gasteiger partial charge in [0.05, 0.1) is 12.5 Å². The largest absolute Gasteiger partial charge is 0.489 e. The van der Waals surface area contributed by atoms with E-state index in [9.17, 15) is 9.18 Å². The maximum Gasteiger partial charge on any atom is 0.309 e. The second kappa shape index (κ2) is 6.98. The molecule has 3 nitrogen and oxygen atoms in total. The highest BCUT2D eigenvalue weighted by Crippen LogP contribution is 2.64. The smallest absolute Gasteiger partial charge is 0.309 e. The SMILES string of the molecule is CCOC(=O)[C@H]1[C@@H]2CC3=CC(OCc4c(F)ccc(I)c4C)=CCC3[C@@H]21. The van der Waals surface area contributed by atoms with Crippen molar-refractivity contribution in [1.82, 2.24) is 0 Å². The lowest BCUT2D eigenvalue weighted by Gasteiger charge is -2.22. The van der Waals surface area contributed by atoms with Gasteiger partial charge in [0.25, 0.3) is 0 Å². The standard InChI is InChI=1S/C21H22FIO3/c1-3-25-21(24)20-15-9-12-8-13(4-5-14(12)19(15)20)26-10-16-11(2)18(23)7-6-17(16)22/h4,6-8,14-15,19-20H,3,5,9-10H2,1-2H3/t14?,15-,19+,20+/m1/s1. The summed E-state index contributed by atoms with van der Waals surface area (Å²) in [6.07, 6.45) is 6.03. The van der Waals surface area contributed by atoms with Crippen molar-refractivity contribution in [3.8, 4) is 0 Å². The fraction of sp³-hybridized carbons (Fsp3) is 0.476. The zero-order chi connectivity index (χ0) is 18.4. The first-order chi connectivity index (χ1) is 12.5. The molecule has 3 aliphatic carbocycles. The van der Waals surface area contributed by atoms with E-state index >= 15 is 0 Å². The summed E-state index contributed by atoms with van der Waals surface area (Å²) in [6.45, 7) is 4.47. The van der Waals surface area contributed by atoms with E-state index in [-0.39, 0.29) is 24.3 Å². The predicted molar refractivity (Wildman–Crippen MR) is 105 cm³/mol. The number of hydrogen-bond acceptors (Lipinski definition) is 3. The van der Waals surface area contributed by atoms with Crippen LogP contribution in [0.2, 0.25) is 0 Å². The lowest BCUT2D eigenvalue weighted by Crippen LogP contribution is -2.16. The molecule has 3 aliphatic rings. The maximum absolute atomic E-state index is 14.1. The third-order valence-corrected chi connectivity index (χ3v) is 7.13. The van der Waals surface area contributed by atoms with Crippen LogP contribution in [0.1, 0.15) is 30.9 Å². The number of esters is 1. The summed E-state index contributed by atoms with van der Waals surface area (Å²) in [5.41, 5.74) is 2.93. The first kappa shape index (κ1) is 18.0. The topological polar surface area (TPSA) is 35.5 Å². The van der Waals surface area contributed by atoms with Crippen LogP contribution >= 0.6 is 22.6 Å². The second-order valence-corrected chi connectivity index (χ2v) is 8.47. The van der Waals surface area contributed by atoms with E-state index in [0.29, 0.717) is 29.9 Å². The minimum absolute atomic E-state index is 0.0304. The Bertz CT molecular complexity index is 814. The molecule has 0 radical (unpaired) electrons. The Labute approximate surface area is 166 Å². The van der Waals surface area contributed by atoms with Crippen molar-refractivity contribution in [3.05, 3.63) is 56.1 Å². The molecule has 0 amide bonds. The molecule has 5 heteroatoms. The van der Waals surface area contributed by atoms with E-state index in [0.717, 1.165) is 27.7 Å². The molecule has 138 valence electrons. The number of benzene rings is 1. The number of fused-ring (bicyclic) bond motifs is 3. The predicted octanol–water partition coefficient (Wildman–Crippen LogP) is 4.91. The van der Waals surface area contributed by atoms with Gasteiger partial charge in [0.15, 0.2) is 0 Å². The molecule has 2 saturated carbocycles. The fourth-order valence-corrected chi connectivity index (χ4v) is 5.05. The molecule has 26 heavy (non-hydrogen) atoms. The van der Waals surface area contributed by atoms with E-state index in [4.69, 9.17) is 9.47 Å². The molecule has 0 bridgehead atoms. The molecule has 0 spiro atoms. The Hall–Kier alpha value is -1.37. The number of ether oxygens (including phenoxy) is 2. The van der Waals surface area contributed by atoms with Gasteiger partial charge in [-0.25, -0.2) is 4.39 Å². The normalized spacial score (nSPS) is 28.6. The van der Waals surface area contributed by atoms with Crippen LogP contribution in [0.25, 0.3) is 0 Å². The number of carbonyl (C=O) groups excluding carboxylic acids is 1. The van der Waals surface area contributed by atoms with Crippen LogP contribution in [-0.4, -0.2) is 12.6 Å². The maximum atomic E-state index is 14.1. The molecule has 4 atom stereocenters. The fourth-order valence-electron chi connectivity index (χ4n) is 4.54. The van der Waals surface area contributed by atoms with Gasteiger partial charge >= 0.3 is 5.97 Å². The summed E-state index contributed by atoms with van der Waals surface area (Å²) in [6, 6.07) is 3.28. The van der Waals surface area contributed by atoms with Crippen molar-refractivity contribution < 1.29 is 18.7 Å². The van der Waals surface area contributed by atoms with Gasteiger partial charge in [0.1, 0.15) is 18.2 Å². The Morgan fingerprint density at radius 1 is 1.38 bits per heavy atom. The number of halogens is 2. The summed E-state index contributed by atoms with van der Waals surface area (Å²) in [5, 5.41) is 0. The quantitative estimate of drug-likeness (QED) is 0.455.